The van der Waals surface area contributed by atoms with Crippen molar-refractivity contribution in [1.29, 1.82) is 0 Å². The third-order valence-electron chi connectivity index (χ3n) is 3.40. The van der Waals surface area contributed by atoms with Crippen LogP contribution in [-0.2, 0) is 32.5 Å². The molecule has 6 nitrogen and oxygen atoms in total. The van der Waals surface area contributed by atoms with Crippen LogP contribution >= 0.6 is 0 Å². The lowest BCUT2D eigenvalue weighted by Gasteiger charge is -2.24. The molecule has 0 fully saturated rings. The molecule has 1 aromatic carbocycles. The molecule has 2 rings (SSSR count). The molecule has 0 spiro atoms. The number of sulfonamides is 1. The molecule has 0 aromatic heterocycles. The summed E-state index contributed by atoms with van der Waals surface area (Å²) in [5.74, 6) is -0.431. The van der Waals surface area contributed by atoms with E-state index in [0.29, 0.717) is 12.0 Å². The van der Waals surface area contributed by atoms with Crippen molar-refractivity contribution in [2.75, 3.05) is 13.7 Å². The monoisotopic (exact) mass is 352 g/mol. The molecule has 10 heteroatoms. The number of rotatable bonds is 4. The number of hydrogen-bond donors (Lipinski definition) is 2. The predicted octanol–water partition coefficient (Wildman–Crippen LogP) is 0.714. The number of esters is 1. The third-order valence-corrected chi connectivity index (χ3v) is 4.80. The summed E-state index contributed by atoms with van der Waals surface area (Å²) in [7, 11) is -2.99. The largest absolute Gasteiger partial charge is 0.468 e. The van der Waals surface area contributed by atoms with Crippen LogP contribution in [0.25, 0.3) is 0 Å². The highest BCUT2D eigenvalue weighted by Gasteiger charge is 2.31. The van der Waals surface area contributed by atoms with Crippen molar-refractivity contribution < 1.29 is 31.1 Å². The summed E-state index contributed by atoms with van der Waals surface area (Å²) in [6.07, 6.45) is -4.31. The van der Waals surface area contributed by atoms with Crippen LogP contribution in [0.1, 0.15) is 11.1 Å². The zero-order valence-corrected chi connectivity index (χ0v) is 12.9. The van der Waals surface area contributed by atoms with E-state index in [1.54, 1.807) is 0 Å². The highest BCUT2D eigenvalue weighted by molar-refractivity contribution is 7.89. The fourth-order valence-electron chi connectivity index (χ4n) is 2.23. The Morgan fingerprint density at radius 2 is 2.09 bits per heavy atom. The summed E-state index contributed by atoms with van der Waals surface area (Å²) in [5.41, 5.74) is 1.36. The number of ether oxygens (including phenoxy) is 1. The van der Waals surface area contributed by atoms with E-state index in [1.807, 2.05) is 0 Å². The molecule has 0 aliphatic carbocycles. The molecule has 0 radical (unpaired) electrons. The molecule has 128 valence electrons. The third kappa shape index (κ3) is 4.43. The van der Waals surface area contributed by atoms with Crippen molar-refractivity contribution >= 4 is 16.0 Å². The Morgan fingerprint density at radius 3 is 2.70 bits per heavy atom. The van der Waals surface area contributed by atoms with Crippen LogP contribution in [0.3, 0.4) is 0 Å². The zero-order valence-electron chi connectivity index (χ0n) is 12.1. The first-order chi connectivity index (χ1) is 10.6. The van der Waals surface area contributed by atoms with Crippen LogP contribution in [0.2, 0.25) is 0 Å². The Kier molecular flexibility index (Phi) is 4.97. The second kappa shape index (κ2) is 6.46. The van der Waals surface area contributed by atoms with E-state index in [4.69, 9.17) is 0 Å². The first kappa shape index (κ1) is 17.7. The Balaban J connectivity index is 2.18. The van der Waals surface area contributed by atoms with Gasteiger partial charge in [0.2, 0.25) is 10.0 Å². The number of fused-ring (bicyclic) bond motifs is 1. The molecule has 1 aliphatic rings. The fraction of sp³-hybridized carbons (Fsp3) is 0.462. The maximum Gasteiger partial charge on any atom is 0.402 e. The van der Waals surface area contributed by atoms with Gasteiger partial charge in [0.1, 0.15) is 12.6 Å². The Labute approximate surface area is 131 Å². The minimum Gasteiger partial charge on any atom is -0.468 e. The van der Waals surface area contributed by atoms with Gasteiger partial charge < -0.3 is 10.1 Å². The van der Waals surface area contributed by atoms with E-state index in [-0.39, 0.29) is 11.4 Å². The maximum atomic E-state index is 12.1. The van der Waals surface area contributed by atoms with Gasteiger partial charge in [-0.05, 0) is 29.7 Å². The number of benzene rings is 1. The number of nitrogens with one attached hydrogen (secondary N) is 2. The molecule has 1 atom stereocenters. The van der Waals surface area contributed by atoms with E-state index >= 15 is 0 Å². The molecule has 0 amide bonds. The first-order valence-electron chi connectivity index (χ1n) is 6.62. The van der Waals surface area contributed by atoms with Crippen molar-refractivity contribution in [3.05, 3.63) is 29.3 Å². The number of hydrogen-bond acceptors (Lipinski definition) is 5. The van der Waals surface area contributed by atoms with Crippen LogP contribution in [-0.4, -0.2) is 40.3 Å². The summed E-state index contributed by atoms with van der Waals surface area (Å²) < 4.78 is 66.3. The van der Waals surface area contributed by atoms with Gasteiger partial charge in [0, 0.05) is 6.54 Å². The summed E-state index contributed by atoms with van der Waals surface area (Å²) in [4.78, 5) is 11.2. The van der Waals surface area contributed by atoms with Crippen molar-refractivity contribution in [2.45, 2.75) is 30.1 Å². The van der Waals surface area contributed by atoms with Gasteiger partial charge in [0.05, 0.1) is 12.0 Å². The smallest absolute Gasteiger partial charge is 0.402 e. The van der Waals surface area contributed by atoms with Crippen LogP contribution in [0, 0.1) is 0 Å². The Morgan fingerprint density at radius 1 is 1.39 bits per heavy atom. The van der Waals surface area contributed by atoms with E-state index < -0.39 is 34.8 Å². The normalized spacial score (nSPS) is 18.3. The number of carbonyl (C=O) groups excluding carboxylic acids is 1. The lowest BCUT2D eigenvalue weighted by molar-refractivity contribution is -0.143. The average molecular weight is 352 g/mol. The van der Waals surface area contributed by atoms with Gasteiger partial charge in [-0.1, -0.05) is 6.07 Å². The molecule has 0 saturated carbocycles. The van der Waals surface area contributed by atoms with Crippen LogP contribution in [0.15, 0.2) is 23.1 Å². The van der Waals surface area contributed by atoms with Gasteiger partial charge in [-0.15, -0.1) is 0 Å². The van der Waals surface area contributed by atoms with Gasteiger partial charge in [-0.25, -0.2) is 13.1 Å². The predicted molar refractivity (Wildman–Crippen MR) is 74.0 cm³/mol. The van der Waals surface area contributed by atoms with E-state index in [2.05, 4.69) is 10.1 Å². The molecular formula is C13H15F3N2O4S. The molecule has 1 heterocycles. The quantitative estimate of drug-likeness (QED) is 0.780. The standard InChI is InChI=1S/C13H15F3N2O4S/c1-22-12(19)11-5-8-2-3-10(4-9(8)6-17-11)23(20,21)18-7-13(14,15)16/h2-4,11,17-18H,5-7H2,1H3. The van der Waals surface area contributed by atoms with Crippen molar-refractivity contribution in [2.24, 2.45) is 0 Å². The molecule has 0 bridgehead atoms. The molecule has 1 unspecified atom stereocenters. The number of halogens is 3. The maximum absolute atomic E-state index is 12.1. The number of alkyl halides is 3. The highest BCUT2D eigenvalue weighted by atomic mass is 32.2. The van der Waals surface area contributed by atoms with Gasteiger partial charge in [0.25, 0.3) is 0 Å². The lowest BCUT2D eigenvalue weighted by atomic mass is 9.96. The number of methoxy groups -OCH3 is 1. The van der Waals surface area contributed by atoms with Crippen molar-refractivity contribution in [3.63, 3.8) is 0 Å². The van der Waals surface area contributed by atoms with Crippen LogP contribution in [0.5, 0.6) is 0 Å². The Bertz CT molecular complexity index is 704. The summed E-state index contributed by atoms with van der Waals surface area (Å²) in [6, 6.07) is 3.48. The average Bonchev–Trinajstić information content (AvgIpc) is 2.50. The molecule has 1 aliphatic heterocycles. The minimum absolute atomic E-state index is 0.220. The molecule has 23 heavy (non-hydrogen) atoms. The second-order valence-electron chi connectivity index (χ2n) is 5.03. The highest BCUT2D eigenvalue weighted by Crippen LogP contribution is 2.22. The van der Waals surface area contributed by atoms with E-state index in [0.717, 1.165) is 5.56 Å². The fourth-order valence-corrected chi connectivity index (χ4v) is 3.29. The van der Waals surface area contributed by atoms with E-state index in [9.17, 15) is 26.4 Å². The summed E-state index contributed by atoms with van der Waals surface area (Å²) in [5, 5.41) is 2.89. The molecule has 1 aromatic rings. The van der Waals surface area contributed by atoms with Crippen LogP contribution < -0.4 is 10.0 Å². The lowest BCUT2D eigenvalue weighted by Crippen LogP contribution is -2.42. The Hall–Kier alpha value is -1.65. The van der Waals surface area contributed by atoms with Gasteiger partial charge in [0.15, 0.2) is 0 Å². The zero-order chi connectivity index (χ0) is 17.3. The molecule has 0 saturated heterocycles. The minimum atomic E-state index is -4.63. The molecule has 2 N–H and O–H groups in total. The van der Waals surface area contributed by atoms with Gasteiger partial charge in [-0.2, -0.15) is 13.2 Å². The van der Waals surface area contributed by atoms with Crippen LogP contribution in [0.4, 0.5) is 13.2 Å². The van der Waals surface area contributed by atoms with E-state index in [1.165, 1.54) is 30.0 Å². The molecular weight excluding hydrogens is 337 g/mol. The summed E-state index contributed by atoms with van der Waals surface area (Å²) in [6.45, 7) is -1.41. The van der Waals surface area contributed by atoms with Crippen molar-refractivity contribution in [3.8, 4) is 0 Å². The number of carbonyl (C=O) groups is 1. The second-order valence-corrected chi connectivity index (χ2v) is 6.80. The van der Waals surface area contributed by atoms with Gasteiger partial charge >= 0.3 is 12.1 Å². The topological polar surface area (TPSA) is 84.5 Å². The first-order valence-corrected chi connectivity index (χ1v) is 8.10. The summed E-state index contributed by atoms with van der Waals surface area (Å²) >= 11 is 0. The van der Waals surface area contributed by atoms with Crippen molar-refractivity contribution in [1.82, 2.24) is 10.0 Å². The van der Waals surface area contributed by atoms with Gasteiger partial charge in [-0.3, -0.25) is 4.79 Å². The SMILES string of the molecule is COC(=O)C1Cc2ccc(S(=O)(=O)NCC(F)(F)F)cc2CN1.